The first kappa shape index (κ1) is 14.0. The molecule has 0 atom stereocenters. The summed E-state index contributed by atoms with van der Waals surface area (Å²) in [7, 11) is 0. The number of nitriles is 1. The minimum Gasteiger partial charge on any atom is -0.489 e. The summed E-state index contributed by atoms with van der Waals surface area (Å²) in [6.45, 7) is -0.342. The maximum Gasteiger partial charge on any atom is 0.125 e. The van der Waals surface area contributed by atoms with Gasteiger partial charge < -0.3 is 9.84 Å². The van der Waals surface area contributed by atoms with Crippen LogP contribution >= 0.6 is 0 Å². The lowest BCUT2D eigenvalue weighted by atomic mass is 10.1. The minimum absolute atomic E-state index is 0.0189. The van der Waals surface area contributed by atoms with Crippen molar-refractivity contribution in [1.82, 2.24) is 0 Å². The summed E-state index contributed by atoms with van der Waals surface area (Å²) in [5.41, 5.74) is 0.988. The molecule has 2 rings (SSSR count). The van der Waals surface area contributed by atoms with Gasteiger partial charge in [0.15, 0.2) is 0 Å². The molecule has 0 aliphatic heterocycles. The molecule has 5 heteroatoms. The van der Waals surface area contributed by atoms with Crippen molar-refractivity contribution < 1.29 is 18.6 Å². The van der Waals surface area contributed by atoms with Crippen molar-refractivity contribution in [1.29, 1.82) is 5.26 Å². The Labute approximate surface area is 114 Å². The monoisotopic (exact) mass is 275 g/mol. The number of rotatable bonds is 4. The van der Waals surface area contributed by atoms with E-state index in [1.54, 1.807) is 0 Å². The second kappa shape index (κ2) is 6.13. The molecule has 0 saturated heterocycles. The highest BCUT2D eigenvalue weighted by Gasteiger charge is 2.06. The Morgan fingerprint density at radius 2 is 1.90 bits per heavy atom. The van der Waals surface area contributed by atoms with Gasteiger partial charge in [-0.1, -0.05) is 0 Å². The largest absolute Gasteiger partial charge is 0.489 e. The quantitative estimate of drug-likeness (QED) is 0.933. The van der Waals surface area contributed by atoms with Gasteiger partial charge in [0, 0.05) is 5.56 Å². The van der Waals surface area contributed by atoms with Crippen LogP contribution in [0, 0.1) is 23.0 Å². The number of ether oxygens (including phenoxy) is 1. The Balaban J connectivity index is 2.17. The second-order valence-corrected chi connectivity index (χ2v) is 4.16. The van der Waals surface area contributed by atoms with Crippen LogP contribution in [0.15, 0.2) is 36.4 Å². The molecule has 2 aromatic carbocycles. The van der Waals surface area contributed by atoms with Crippen molar-refractivity contribution in [2.45, 2.75) is 13.2 Å². The van der Waals surface area contributed by atoms with E-state index in [9.17, 15) is 8.78 Å². The predicted molar refractivity (Wildman–Crippen MR) is 67.8 cm³/mol. The smallest absolute Gasteiger partial charge is 0.125 e. The van der Waals surface area contributed by atoms with E-state index in [1.807, 2.05) is 6.07 Å². The Hall–Kier alpha value is -2.45. The maximum atomic E-state index is 13.2. The number of hydrogen-bond acceptors (Lipinski definition) is 3. The van der Waals surface area contributed by atoms with E-state index in [4.69, 9.17) is 15.1 Å². The lowest BCUT2D eigenvalue weighted by molar-refractivity contribution is 0.258. The van der Waals surface area contributed by atoms with Crippen LogP contribution in [0.25, 0.3) is 0 Å². The van der Waals surface area contributed by atoms with E-state index in [0.717, 1.165) is 6.07 Å². The molecular weight excluding hydrogens is 264 g/mol. The summed E-state index contributed by atoms with van der Waals surface area (Å²) >= 11 is 0. The number of hydrogen-bond donors (Lipinski definition) is 1. The number of aliphatic hydroxyl groups is 1. The molecule has 0 fully saturated rings. The zero-order valence-corrected chi connectivity index (χ0v) is 10.4. The third-order valence-corrected chi connectivity index (χ3v) is 2.67. The standard InChI is InChI=1S/C15H11F2NO2/c16-13-1-2-15(12(6-13)8-19)20-9-11-3-10(7-18)4-14(17)5-11/h1-6,19H,8-9H2. The van der Waals surface area contributed by atoms with Crippen LogP contribution in [0.5, 0.6) is 5.75 Å². The van der Waals surface area contributed by atoms with Crippen LogP contribution in [0.3, 0.4) is 0 Å². The van der Waals surface area contributed by atoms with Crippen molar-refractivity contribution in [2.75, 3.05) is 0 Å². The first-order chi connectivity index (χ1) is 9.62. The van der Waals surface area contributed by atoms with Gasteiger partial charge in [-0.05, 0) is 42.0 Å². The van der Waals surface area contributed by atoms with Gasteiger partial charge in [-0.3, -0.25) is 0 Å². The van der Waals surface area contributed by atoms with Gasteiger partial charge in [0.2, 0.25) is 0 Å². The van der Waals surface area contributed by atoms with E-state index in [-0.39, 0.29) is 18.8 Å². The normalized spacial score (nSPS) is 10.1. The zero-order chi connectivity index (χ0) is 14.5. The number of benzene rings is 2. The molecule has 0 heterocycles. The van der Waals surface area contributed by atoms with E-state index < -0.39 is 11.6 Å². The SMILES string of the molecule is N#Cc1cc(F)cc(COc2ccc(F)cc2CO)c1. The van der Waals surface area contributed by atoms with Crippen molar-refractivity contribution in [3.8, 4) is 11.8 Å². The van der Waals surface area contributed by atoms with Crippen LogP contribution in [-0.2, 0) is 13.2 Å². The van der Waals surface area contributed by atoms with Crippen molar-refractivity contribution in [3.63, 3.8) is 0 Å². The molecule has 2 aromatic rings. The Kier molecular flexibility index (Phi) is 4.28. The molecule has 0 bridgehead atoms. The highest BCUT2D eigenvalue weighted by Crippen LogP contribution is 2.21. The van der Waals surface area contributed by atoms with Gasteiger partial charge in [0.25, 0.3) is 0 Å². The second-order valence-electron chi connectivity index (χ2n) is 4.16. The van der Waals surface area contributed by atoms with E-state index in [0.29, 0.717) is 16.9 Å². The molecule has 0 unspecified atom stereocenters. The van der Waals surface area contributed by atoms with Crippen molar-refractivity contribution in [2.24, 2.45) is 0 Å². The van der Waals surface area contributed by atoms with Crippen molar-refractivity contribution >= 4 is 0 Å². The zero-order valence-electron chi connectivity index (χ0n) is 10.4. The first-order valence-corrected chi connectivity index (χ1v) is 5.84. The fourth-order valence-corrected chi connectivity index (χ4v) is 1.77. The highest BCUT2D eigenvalue weighted by molar-refractivity contribution is 5.35. The molecule has 0 amide bonds. The average molecular weight is 275 g/mol. The van der Waals surface area contributed by atoms with Crippen LogP contribution in [0.2, 0.25) is 0 Å². The summed E-state index contributed by atoms with van der Waals surface area (Å²) in [4.78, 5) is 0. The fourth-order valence-electron chi connectivity index (χ4n) is 1.77. The molecule has 0 aromatic heterocycles. The van der Waals surface area contributed by atoms with Crippen LogP contribution in [0.1, 0.15) is 16.7 Å². The molecule has 0 radical (unpaired) electrons. The Morgan fingerprint density at radius 1 is 1.10 bits per heavy atom. The minimum atomic E-state index is -0.524. The molecule has 102 valence electrons. The Bertz CT molecular complexity index is 665. The van der Waals surface area contributed by atoms with Gasteiger partial charge in [0.1, 0.15) is 24.0 Å². The summed E-state index contributed by atoms with van der Waals surface area (Å²) < 4.78 is 31.7. The van der Waals surface area contributed by atoms with E-state index in [2.05, 4.69) is 0 Å². The van der Waals surface area contributed by atoms with E-state index in [1.165, 1.54) is 30.3 Å². The summed E-state index contributed by atoms with van der Waals surface area (Å²) in [6.07, 6.45) is 0. The molecular formula is C15H11F2NO2. The average Bonchev–Trinajstić information content (AvgIpc) is 2.45. The molecule has 0 spiro atoms. The van der Waals surface area contributed by atoms with Crippen molar-refractivity contribution in [3.05, 3.63) is 64.7 Å². The molecule has 20 heavy (non-hydrogen) atoms. The lowest BCUT2D eigenvalue weighted by Crippen LogP contribution is -2.00. The molecule has 3 nitrogen and oxygen atoms in total. The van der Waals surface area contributed by atoms with Crippen LogP contribution < -0.4 is 4.74 Å². The lowest BCUT2D eigenvalue weighted by Gasteiger charge is -2.10. The Morgan fingerprint density at radius 3 is 2.60 bits per heavy atom. The number of nitrogens with zero attached hydrogens (tertiary/aromatic N) is 1. The number of halogens is 2. The van der Waals surface area contributed by atoms with Gasteiger partial charge in [-0.2, -0.15) is 5.26 Å². The molecule has 1 N–H and O–H groups in total. The number of aliphatic hydroxyl groups excluding tert-OH is 1. The van der Waals surface area contributed by atoms with Gasteiger partial charge >= 0.3 is 0 Å². The summed E-state index contributed by atoms with van der Waals surface area (Å²) in [5.74, 6) is -0.681. The molecule has 0 aliphatic rings. The predicted octanol–water partition coefficient (Wildman–Crippen LogP) is 2.91. The summed E-state index contributed by atoms with van der Waals surface area (Å²) in [5, 5.41) is 17.9. The van der Waals surface area contributed by atoms with Crippen LogP contribution in [0.4, 0.5) is 8.78 Å². The van der Waals surface area contributed by atoms with Crippen LogP contribution in [-0.4, -0.2) is 5.11 Å². The topological polar surface area (TPSA) is 53.2 Å². The van der Waals surface area contributed by atoms with Gasteiger partial charge in [0.05, 0.1) is 18.2 Å². The summed E-state index contributed by atoms with van der Waals surface area (Å²) in [6, 6.07) is 9.51. The third kappa shape index (κ3) is 3.31. The first-order valence-electron chi connectivity index (χ1n) is 5.84. The van der Waals surface area contributed by atoms with Gasteiger partial charge in [-0.25, -0.2) is 8.78 Å². The van der Waals surface area contributed by atoms with E-state index >= 15 is 0 Å². The molecule has 0 aliphatic carbocycles. The third-order valence-electron chi connectivity index (χ3n) is 2.67. The molecule has 0 saturated carbocycles. The highest BCUT2D eigenvalue weighted by atomic mass is 19.1. The maximum absolute atomic E-state index is 13.2. The van der Waals surface area contributed by atoms with Gasteiger partial charge in [-0.15, -0.1) is 0 Å². The fraction of sp³-hybridized carbons (Fsp3) is 0.133.